The molecule has 0 spiro atoms. The predicted molar refractivity (Wildman–Crippen MR) is 64.3 cm³/mol. The molecule has 1 atom stereocenters. The van der Waals surface area contributed by atoms with Crippen LogP contribution in [0.2, 0.25) is 0 Å². The smallest absolute Gasteiger partial charge is 0.0774 e. The maximum Gasteiger partial charge on any atom is 0.0774 e. The molecule has 0 radical (unpaired) electrons. The van der Waals surface area contributed by atoms with Crippen molar-refractivity contribution in [2.24, 2.45) is 0 Å². The Morgan fingerprint density at radius 2 is 1.81 bits per heavy atom. The van der Waals surface area contributed by atoms with E-state index in [1.165, 1.54) is 19.3 Å². The fourth-order valence-corrected chi connectivity index (χ4v) is 3.22. The van der Waals surface area contributed by atoms with Gasteiger partial charge in [0.05, 0.1) is 12.2 Å². The zero-order valence-electron chi connectivity index (χ0n) is 10.2. The highest BCUT2D eigenvalue weighted by Crippen LogP contribution is 2.31. The summed E-state index contributed by atoms with van der Waals surface area (Å²) in [4.78, 5) is 2.33. The first-order valence-electron chi connectivity index (χ1n) is 6.81. The van der Waals surface area contributed by atoms with Gasteiger partial charge in [0.25, 0.3) is 0 Å². The van der Waals surface area contributed by atoms with E-state index < -0.39 is 5.60 Å². The molecule has 3 heteroatoms. The molecule has 1 saturated heterocycles. The highest BCUT2D eigenvalue weighted by Gasteiger charge is 2.35. The lowest BCUT2D eigenvalue weighted by molar-refractivity contribution is -0.0108. The SMILES string of the molecule is OCC1CCCCCN1CC1(O)CCCC1. The van der Waals surface area contributed by atoms with E-state index in [4.69, 9.17) is 0 Å². The van der Waals surface area contributed by atoms with Crippen LogP contribution in [-0.4, -0.2) is 46.5 Å². The molecule has 2 aliphatic rings. The Balaban J connectivity index is 1.94. The van der Waals surface area contributed by atoms with Crippen LogP contribution in [0.3, 0.4) is 0 Å². The zero-order valence-corrected chi connectivity index (χ0v) is 10.2. The summed E-state index contributed by atoms with van der Waals surface area (Å²) in [6, 6.07) is 0.284. The van der Waals surface area contributed by atoms with Crippen molar-refractivity contribution < 1.29 is 10.2 Å². The number of hydrogen-bond acceptors (Lipinski definition) is 3. The van der Waals surface area contributed by atoms with E-state index in [9.17, 15) is 10.2 Å². The van der Waals surface area contributed by atoms with Crippen LogP contribution in [0.15, 0.2) is 0 Å². The van der Waals surface area contributed by atoms with E-state index in [2.05, 4.69) is 4.90 Å². The van der Waals surface area contributed by atoms with Crippen LogP contribution in [0.25, 0.3) is 0 Å². The van der Waals surface area contributed by atoms with E-state index in [-0.39, 0.29) is 12.6 Å². The second kappa shape index (κ2) is 5.48. The molecule has 3 nitrogen and oxygen atoms in total. The van der Waals surface area contributed by atoms with Crippen LogP contribution in [-0.2, 0) is 0 Å². The molecule has 0 aromatic carbocycles. The molecule has 1 unspecified atom stereocenters. The summed E-state index contributed by atoms with van der Waals surface area (Å²) in [5, 5.41) is 19.8. The van der Waals surface area contributed by atoms with Crippen molar-refractivity contribution in [2.45, 2.75) is 63.0 Å². The Labute approximate surface area is 98.5 Å². The normalized spacial score (nSPS) is 31.5. The van der Waals surface area contributed by atoms with Crippen LogP contribution in [0.5, 0.6) is 0 Å². The summed E-state index contributed by atoms with van der Waals surface area (Å²) in [6.07, 6.45) is 9.01. The minimum Gasteiger partial charge on any atom is -0.395 e. The van der Waals surface area contributed by atoms with Gasteiger partial charge >= 0.3 is 0 Å². The van der Waals surface area contributed by atoms with Gasteiger partial charge in [-0.05, 0) is 32.2 Å². The Bertz CT molecular complexity index is 214. The van der Waals surface area contributed by atoms with Gasteiger partial charge in [-0.3, -0.25) is 4.90 Å². The second-order valence-electron chi connectivity index (χ2n) is 5.59. The largest absolute Gasteiger partial charge is 0.395 e. The van der Waals surface area contributed by atoms with Gasteiger partial charge < -0.3 is 10.2 Å². The molecule has 16 heavy (non-hydrogen) atoms. The minimum absolute atomic E-state index is 0.246. The topological polar surface area (TPSA) is 43.7 Å². The number of aliphatic hydroxyl groups is 2. The summed E-state index contributed by atoms with van der Waals surface area (Å²) in [7, 11) is 0. The van der Waals surface area contributed by atoms with Crippen molar-refractivity contribution in [3.8, 4) is 0 Å². The van der Waals surface area contributed by atoms with Crippen molar-refractivity contribution in [1.82, 2.24) is 4.90 Å². The summed E-state index contributed by atoms with van der Waals surface area (Å²) in [6.45, 7) is 2.07. The molecule has 2 N–H and O–H groups in total. The third kappa shape index (κ3) is 2.96. The lowest BCUT2D eigenvalue weighted by Gasteiger charge is -2.35. The first kappa shape index (κ1) is 12.3. The lowest BCUT2D eigenvalue weighted by atomic mass is 10.0. The number of aliphatic hydroxyl groups excluding tert-OH is 1. The van der Waals surface area contributed by atoms with Gasteiger partial charge in [-0.1, -0.05) is 25.7 Å². The van der Waals surface area contributed by atoms with Gasteiger partial charge in [-0.2, -0.15) is 0 Å². The van der Waals surface area contributed by atoms with Crippen LogP contribution < -0.4 is 0 Å². The Morgan fingerprint density at radius 1 is 1.06 bits per heavy atom. The third-order valence-corrected chi connectivity index (χ3v) is 4.24. The highest BCUT2D eigenvalue weighted by atomic mass is 16.3. The van der Waals surface area contributed by atoms with Crippen LogP contribution in [0.4, 0.5) is 0 Å². The average Bonchev–Trinajstić information content (AvgIpc) is 2.57. The van der Waals surface area contributed by atoms with Gasteiger partial charge in [0.1, 0.15) is 0 Å². The Morgan fingerprint density at radius 3 is 2.50 bits per heavy atom. The van der Waals surface area contributed by atoms with Gasteiger partial charge in [-0.25, -0.2) is 0 Å². The molecule has 2 fully saturated rings. The van der Waals surface area contributed by atoms with Gasteiger partial charge in [-0.15, -0.1) is 0 Å². The molecule has 1 aliphatic carbocycles. The Kier molecular flexibility index (Phi) is 4.22. The summed E-state index contributed by atoms with van der Waals surface area (Å²) >= 11 is 0. The first-order valence-corrected chi connectivity index (χ1v) is 6.81. The molecule has 0 aromatic rings. The van der Waals surface area contributed by atoms with Gasteiger partial charge in [0.15, 0.2) is 0 Å². The minimum atomic E-state index is -0.461. The zero-order chi connectivity index (χ0) is 11.4. The summed E-state index contributed by atoms with van der Waals surface area (Å²) in [5.41, 5.74) is -0.461. The Hall–Kier alpha value is -0.120. The predicted octanol–water partition coefficient (Wildman–Crippen LogP) is 1.53. The molecule has 0 amide bonds. The number of β-amino-alcohol motifs (C(OH)–C–C–N with tert-alkyl or cyclic N) is 1. The van der Waals surface area contributed by atoms with E-state index in [0.717, 1.165) is 45.2 Å². The van der Waals surface area contributed by atoms with Crippen LogP contribution in [0, 0.1) is 0 Å². The summed E-state index contributed by atoms with van der Waals surface area (Å²) in [5.74, 6) is 0. The summed E-state index contributed by atoms with van der Waals surface area (Å²) < 4.78 is 0. The average molecular weight is 227 g/mol. The van der Waals surface area contributed by atoms with Crippen molar-refractivity contribution in [3.05, 3.63) is 0 Å². The molecule has 1 heterocycles. The molecular weight excluding hydrogens is 202 g/mol. The van der Waals surface area contributed by atoms with Crippen molar-refractivity contribution in [1.29, 1.82) is 0 Å². The quantitative estimate of drug-likeness (QED) is 0.768. The molecule has 0 aromatic heterocycles. The third-order valence-electron chi connectivity index (χ3n) is 4.24. The molecule has 1 saturated carbocycles. The molecule has 2 rings (SSSR count). The monoisotopic (exact) mass is 227 g/mol. The second-order valence-corrected chi connectivity index (χ2v) is 5.59. The number of nitrogens with zero attached hydrogens (tertiary/aromatic N) is 1. The number of hydrogen-bond donors (Lipinski definition) is 2. The fraction of sp³-hybridized carbons (Fsp3) is 1.00. The lowest BCUT2D eigenvalue weighted by Crippen LogP contribution is -2.47. The van der Waals surface area contributed by atoms with E-state index in [1.54, 1.807) is 0 Å². The number of likely N-dealkylation sites (tertiary alicyclic amines) is 1. The van der Waals surface area contributed by atoms with E-state index in [0.29, 0.717) is 0 Å². The fourth-order valence-electron chi connectivity index (χ4n) is 3.22. The van der Waals surface area contributed by atoms with Gasteiger partial charge in [0, 0.05) is 12.6 Å². The standard InChI is InChI=1S/C13H25NO2/c15-10-12-6-2-1-5-9-14(12)11-13(16)7-3-4-8-13/h12,15-16H,1-11H2. The van der Waals surface area contributed by atoms with Crippen LogP contribution in [0.1, 0.15) is 51.4 Å². The number of rotatable bonds is 3. The first-order chi connectivity index (χ1) is 7.73. The highest BCUT2D eigenvalue weighted by molar-refractivity contribution is 4.89. The van der Waals surface area contributed by atoms with E-state index >= 15 is 0 Å². The van der Waals surface area contributed by atoms with Crippen LogP contribution >= 0.6 is 0 Å². The molecule has 94 valence electrons. The molecule has 0 bridgehead atoms. The maximum absolute atomic E-state index is 10.4. The van der Waals surface area contributed by atoms with Gasteiger partial charge in [0.2, 0.25) is 0 Å². The molecular formula is C13H25NO2. The maximum atomic E-state index is 10.4. The van der Waals surface area contributed by atoms with Crippen molar-refractivity contribution in [3.63, 3.8) is 0 Å². The van der Waals surface area contributed by atoms with Crippen molar-refractivity contribution >= 4 is 0 Å². The van der Waals surface area contributed by atoms with Crippen molar-refractivity contribution in [2.75, 3.05) is 19.7 Å². The van der Waals surface area contributed by atoms with E-state index in [1.807, 2.05) is 0 Å². The molecule has 1 aliphatic heterocycles.